The lowest BCUT2D eigenvalue weighted by molar-refractivity contribution is -0.133. The molecular weight excluding hydrogens is 426 g/mol. The summed E-state index contributed by atoms with van der Waals surface area (Å²) in [5, 5.41) is 12.0. The van der Waals surface area contributed by atoms with Gasteiger partial charge in [-0.3, -0.25) is 9.59 Å². The number of rotatable bonds is 11. The standard InChI is InChI=1S/C25H27NO3S2/c1-4-5-7-10-18(2)25(20-11-8-6-9-12-20)26-23(27)16-30-21-13-14-22(19(3)15-21)31-17-24(28)29/h4-15,25H,1,16-17H2,2-3H3,(H,26,27)(H,28,29)/b7-5-,18-10+. The molecule has 0 aliphatic carbocycles. The number of hydrogen-bond donors (Lipinski definition) is 2. The molecule has 2 aromatic rings. The Morgan fingerprint density at radius 2 is 1.84 bits per heavy atom. The number of allylic oxidation sites excluding steroid dienone is 4. The van der Waals surface area contributed by atoms with E-state index in [4.69, 9.17) is 5.11 Å². The minimum atomic E-state index is -0.836. The summed E-state index contributed by atoms with van der Waals surface area (Å²) < 4.78 is 0. The summed E-state index contributed by atoms with van der Waals surface area (Å²) in [6.45, 7) is 7.62. The van der Waals surface area contributed by atoms with Gasteiger partial charge in [-0.15, -0.1) is 23.5 Å². The smallest absolute Gasteiger partial charge is 0.313 e. The van der Waals surface area contributed by atoms with Crippen molar-refractivity contribution in [3.8, 4) is 0 Å². The van der Waals surface area contributed by atoms with Crippen LogP contribution in [0.3, 0.4) is 0 Å². The Kier molecular flexibility index (Phi) is 10.2. The predicted molar refractivity (Wildman–Crippen MR) is 131 cm³/mol. The second kappa shape index (κ2) is 12.9. The van der Waals surface area contributed by atoms with Crippen molar-refractivity contribution in [2.75, 3.05) is 11.5 Å². The summed E-state index contributed by atoms with van der Waals surface area (Å²) in [5.41, 5.74) is 3.06. The first-order valence-corrected chi connectivity index (χ1v) is 11.8. The zero-order valence-corrected chi connectivity index (χ0v) is 19.3. The number of amides is 1. The van der Waals surface area contributed by atoms with Gasteiger partial charge in [0.15, 0.2) is 0 Å². The van der Waals surface area contributed by atoms with E-state index < -0.39 is 5.97 Å². The van der Waals surface area contributed by atoms with E-state index in [9.17, 15) is 9.59 Å². The lowest BCUT2D eigenvalue weighted by atomic mass is 9.99. The van der Waals surface area contributed by atoms with Gasteiger partial charge in [-0.05, 0) is 48.7 Å². The van der Waals surface area contributed by atoms with Crippen LogP contribution in [0.5, 0.6) is 0 Å². The molecule has 0 saturated carbocycles. The number of carboxylic acids is 1. The Morgan fingerprint density at radius 3 is 2.48 bits per heavy atom. The summed E-state index contributed by atoms with van der Waals surface area (Å²) in [6.07, 6.45) is 7.45. The second-order valence-electron chi connectivity index (χ2n) is 6.84. The van der Waals surface area contributed by atoms with Crippen molar-refractivity contribution in [3.05, 3.63) is 96.1 Å². The summed E-state index contributed by atoms with van der Waals surface area (Å²) in [7, 11) is 0. The molecule has 162 valence electrons. The first-order valence-electron chi connectivity index (χ1n) is 9.79. The molecule has 2 N–H and O–H groups in total. The van der Waals surface area contributed by atoms with Crippen LogP contribution in [0.15, 0.2) is 94.8 Å². The molecule has 0 fully saturated rings. The van der Waals surface area contributed by atoms with E-state index in [-0.39, 0.29) is 17.7 Å². The van der Waals surface area contributed by atoms with Gasteiger partial charge in [0.2, 0.25) is 5.91 Å². The number of hydrogen-bond acceptors (Lipinski definition) is 4. The first-order chi connectivity index (χ1) is 14.9. The number of carbonyl (C=O) groups is 2. The monoisotopic (exact) mass is 453 g/mol. The maximum absolute atomic E-state index is 12.7. The van der Waals surface area contributed by atoms with E-state index in [1.165, 1.54) is 23.5 Å². The maximum atomic E-state index is 12.7. The van der Waals surface area contributed by atoms with Crippen LogP contribution < -0.4 is 5.32 Å². The molecule has 0 spiro atoms. The fraction of sp³-hybridized carbons (Fsp3) is 0.200. The van der Waals surface area contributed by atoms with E-state index in [0.29, 0.717) is 5.75 Å². The average Bonchev–Trinajstić information content (AvgIpc) is 2.76. The van der Waals surface area contributed by atoms with Crippen LogP contribution >= 0.6 is 23.5 Å². The summed E-state index contributed by atoms with van der Waals surface area (Å²) in [6, 6.07) is 15.5. The van der Waals surface area contributed by atoms with Crippen LogP contribution in [0.1, 0.15) is 24.1 Å². The molecule has 6 heteroatoms. The third kappa shape index (κ3) is 8.52. The van der Waals surface area contributed by atoms with Crippen molar-refractivity contribution in [3.63, 3.8) is 0 Å². The fourth-order valence-electron chi connectivity index (χ4n) is 2.85. The van der Waals surface area contributed by atoms with Crippen LogP contribution in [-0.4, -0.2) is 28.5 Å². The lowest BCUT2D eigenvalue weighted by Gasteiger charge is -2.20. The summed E-state index contributed by atoms with van der Waals surface area (Å²) in [5.74, 6) is -0.566. The fourth-order valence-corrected chi connectivity index (χ4v) is 4.39. The van der Waals surface area contributed by atoms with Crippen molar-refractivity contribution in [2.24, 2.45) is 0 Å². The Hall–Kier alpha value is -2.70. The number of carbonyl (C=O) groups excluding carboxylic acids is 1. The van der Waals surface area contributed by atoms with Gasteiger partial charge in [-0.1, -0.05) is 61.2 Å². The van der Waals surface area contributed by atoms with Gasteiger partial charge in [0.25, 0.3) is 0 Å². The molecule has 1 atom stereocenters. The molecule has 0 aromatic heterocycles. The lowest BCUT2D eigenvalue weighted by Crippen LogP contribution is -2.30. The van der Waals surface area contributed by atoms with E-state index in [1.807, 2.05) is 80.6 Å². The molecule has 0 heterocycles. The van der Waals surface area contributed by atoms with Crippen molar-refractivity contribution < 1.29 is 14.7 Å². The zero-order valence-electron chi connectivity index (χ0n) is 17.7. The maximum Gasteiger partial charge on any atom is 0.313 e. The van der Waals surface area contributed by atoms with Gasteiger partial charge < -0.3 is 10.4 Å². The Labute approximate surface area is 192 Å². The van der Waals surface area contributed by atoms with Crippen molar-refractivity contribution in [1.29, 1.82) is 0 Å². The SMILES string of the molecule is C=C/C=C\C=C(/C)C(NC(=O)CSc1ccc(SCC(=O)O)c(C)c1)c1ccccc1. The van der Waals surface area contributed by atoms with Gasteiger partial charge in [-0.2, -0.15) is 0 Å². The van der Waals surface area contributed by atoms with Crippen LogP contribution in [0.4, 0.5) is 0 Å². The van der Waals surface area contributed by atoms with E-state index >= 15 is 0 Å². The second-order valence-corrected chi connectivity index (χ2v) is 8.91. The Morgan fingerprint density at radius 1 is 1.10 bits per heavy atom. The normalized spacial score (nSPS) is 12.5. The number of carboxylic acid groups (broad SMARTS) is 1. The van der Waals surface area contributed by atoms with E-state index in [1.54, 1.807) is 6.08 Å². The summed E-state index contributed by atoms with van der Waals surface area (Å²) in [4.78, 5) is 25.4. The van der Waals surface area contributed by atoms with E-state index in [2.05, 4.69) is 11.9 Å². The largest absolute Gasteiger partial charge is 0.481 e. The molecule has 2 aromatic carbocycles. The number of nitrogens with one attached hydrogen (secondary N) is 1. The van der Waals surface area contributed by atoms with Gasteiger partial charge in [-0.25, -0.2) is 0 Å². The van der Waals surface area contributed by atoms with Crippen molar-refractivity contribution in [1.82, 2.24) is 5.32 Å². The minimum Gasteiger partial charge on any atom is -0.481 e. The van der Waals surface area contributed by atoms with Gasteiger partial charge in [0, 0.05) is 9.79 Å². The van der Waals surface area contributed by atoms with Crippen LogP contribution in [-0.2, 0) is 9.59 Å². The quantitative estimate of drug-likeness (QED) is 0.332. The number of thioether (sulfide) groups is 2. The third-order valence-corrected chi connectivity index (χ3v) is 6.52. The number of aryl methyl sites for hydroxylation is 1. The van der Waals surface area contributed by atoms with Gasteiger partial charge >= 0.3 is 5.97 Å². The number of aliphatic carboxylic acids is 1. The molecule has 1 amide bonds. The highest BCUT2D eigenvalue weighted by molar-refractivity contribution is 8.00. The highest BCUT2D eigenvalue weighted by Gasteiger charge is 2.16. The Balaban J connectivity index is 2.03. The molecule has 2 rings (SSSR count). The predicted octanol–water partition coefficient (Wildman–Crippen LogP) is 5.81. The highest BCUT2D eigenvalue weighted by atomic mass is 32.2. The van der Waals surface area contributed by atoms with Crippen molar-refractivity contribution >= 4 is 35.4 Å². The van der Waals surface area contributed by atoms with Crippen LogP contribution in [0, 0.1) is 6.92 Å². The molecule has 0 saturated heterocycles. The molecule has 31 heavy (non-hydrogen) atoms. The molecule has 0 radical (unpaired) electrons. The first kappa shape index (κ1) is 24.6. The van der Waals surface area contributed by atoms with Gasteiger partial charge in [0.05, 0.1) is 17.5 Å². The molecule has 0 aliphatic rings. The topological polar surface area (TPSA) is 66.4 Å². The Bertz CT molecular complexity index is 968. The minimum absolute atomic E-state index is 0.0332. The molecule has 0 bridgehead atoms. The molecule has 1 unspecified atom stereocenters. The van der Waals surface area contributed by atoms with Crippen LogP contribution in [0.2, 0.25) is 0 Å². The molecular formula is C25H27NO3S2. The van der Waals surface area contributed by atoms with Gasteiger partial charge in [0.1, 0.15) is 0 Å². The molecule has 4 nitrogen and oxygen atoms in total. The van der Waals surface area contributed by atoms with Crippen LogP contribution in [0.25, 0.3) is 0 Å². The van der Waals surface area contributed by atoms with E-state index in [0.717, 1.165) is 26.5 Å². The number of benzene rings is 2. The molecule has 0 aliphatic heterocycles. The highest BCUT2D eigenvalue weighted by Crippen LogP contribution is 2.28. The summed E-state index contributed by atoms with van der Waals surface area (Å²) >= 11 is 2.76. The third-order valence-electron chi connectivity index (χ3n) is 4.37. The average molecular weight is 454 g/mol. The van der Waals surface area contributed by atoms with Crippen molar-refractivity contribution in [2.45, 2.75) is 29.7 Å². The zero-order chi connectivity index (χ0) is 22.6.